The zero-order chi connectivity index (χ0) is 17.4. The highest BCUT2D eigenvalue weighted by atomic mass is 35.5. The lowest BCUT2D eigenvalue weighted by atomic mass is 9.43. The van der Waals surface area contributed by atoms with E-state index in [1.165, 1.54) is 12.0 Å². The Hall–Kier alpha value is -0.705. The molecule has 0 radical (unpaired) electrons. The van der Waals surface area contributed by atoms with E-state index in [9.17, 15) is 0 Å². The van der Waals surface area contributed by atoms with Crippen LogP contribution < -0.4 is 4.74 Å². The molecule has 25 heavy (non-hydrogen) atoms. The van der Waals surface area contributed by atoms with E-state index in [1.54, 1.807) is 0 Å². The molecular weight excluding hydrogens is 334 g/mol. The number of alkyl halides is 1. The number of halogens is 1. The SMILES string of the molecule is CC1(C)[C@@H]2C[C@H]3OB(C(Cl)C[C@@H]4COc5ccccc54)O[C@@]3(C)[C@H]1C2. The van der Waals surface area contributed by atoms with Crippen molar-refractivity contribution in [3.8, 4) is 5.75 Å². The van der Waals surface area contributed by atoms with Gasteiger partial charge in [-0.15, -0.1) is 11.6 Å². The molecule has 3 saturated carbocycles. The van der Waals surface area contributed by atoms with Gasteiger partial charge in [-0.05, 0) is 49.5 Å². The van der Waals surface area contributed by atoms with Gasteiger partial charge in [0, 0.05) is 11.5 Å². The zero-order valence-corrected chi connectivity index (χ0v) is 16.0. The minimum absolute atomic E-state index is 0.150. The number of hydrogen-bond donors (Lipinski definition) is 0. The summed E-state index contributed by atoms with van der Waals surface area (Å²) >= 11 is 6.79. The van der Waals surface area contributed by atoms with Crippen LogP contribution in [-0.2, 0) is 9.31 Å². The number of hydrogen-bond acceptors (Lipinski definition) is 3. The van der Waals surface area contributed by atoms with E-state index < -0.39 is 0 Å². The van der Waals surface area contributed by atoms with Crippen LogP contribution in [0.25, 0.3) is 0 Å². The summed E-state index contributed by atoms with van der Waals surface area (Å²) in [6.45, 7) is 7.72. The van der Waals surface area contributed by atoms with E-state index in [2.05, 4.69) is 32.9 Å². The molecule has 1 aromatic carbocycles. The van der Waals surface area contributed by atoms with E-state index >= 15 is 0 Å². The van der Waals surface area contributed by atoms with Crippen molar-refractivity contribution >= 4 is 18.7 Å². The molecule has 5 heteroatoms. The Morgan fingerprint density at radius 2 is 2.04 bits per heavy atom. The van der Waals surface area contributed by atoms with Crippen molar-refractivity contribution in [1.29, 1.82) is 0 Å². The molecule has 0 spiro atoms. The average Bonchev–Trinajstić information content (AvgIpc) is 3.15. The molecule has 134 valence electrons. The standard InChI is InChI=1S/C20H26BClO3/c1-19(2)13-9-16(19)20(3)17(10-13)24-21(25-20)18(22)8-12-11-23-15-7-5-4-6-14(12)15/h4-7,12-13,16-18H,8-11H2,1-3H3/t12-,13+,16+,17-,18?,20+/m1/s1. The number of para-hydroxylation sites is 1. The van der Waals surface area contributed by atoms with Gasteiger partial charge in [-0.1, -0.05) is 32.0 Å². The summed E-state index contributed by atoms with van der Waals surface area (Å²) < 4.78 is 18.6. The second kappa shape index (κ2) is 5.40. The smallest absolute Gasteiger partial charge is 0.476 e. The third-order valence-corrected chi connectivity index (χ3v) is 7.96. The monoisotopic (exact) mass is 360 g/mol. The molecule has 2 aliphatic heterocycles. The van der Waals surface area contributed by atoms with E-state index in [-0.39, 0.29) is 24.1 Å². The third-order valence-electron chi connectivity index (χ3n) is 7.57. The molecular formula is C20H26BClO3. The summed E-state index contributed by atoms with van der Waals surface area (Å²) in [6.07, 6.45) is 3.40. The van der Waals surface area contributed by atoms with Gasteiger partial charge in [0.25, 0.3) is 0 Å². The Bertz CT molecular complexity index is 695. The first-order valence-corrected chi connectivity index (χ1v) is 10.0. The van der Waals surface area contributed by atoms with Gasteiger partial charge in [-0.25, -0.2) is 0 Å². The average molecular weight is 361 g/mol. The fourth-order valence-electron chi connectivity index (χ4n) is 5.86. The van der Waals surface area contributed by atoms with Gasteiger partial charge in [-0.3, -0.25) is 0 Å². The molecule has 0 amide bonds. The molecule has 6 atom stereocenters. The number of rotatable bonds is 3. The maximum Gasteiger partial charge on any atom is 0.476 e. The predicted molar refractivity (Wildman–Crippen MR) is 99.0 cm³/mol. The van der Waals surface area contributed by atoms with E-state index in [4.69, 9.17) is 25.6 Å². The summed E-state index contributed by atoms with van der Waals surface area (Å²) in [7, 11) is -0.306. The zero-order valence-electron chi connectivity index (χ0n) is 15.2. The van der Waals surface area contributed by atoms with Crippen LogP contribution in [0.2, 0.25) is 0 Å². The molecule has 5 aliphatic rings. The van der Waals surface area contributed by atoms with Crippen molar-refractivity contribution in [3.05, 3.63) is 29.8 Å². The Balaban J connectivity index is 1.30. The van der Waals surface area contributed by atoms with Gasteiger partial charge in [-0.2, -0.15) is 0 Å². The van der Waals surface area contributed by atoms with Crippen molar-refractivity contribution in [3.63, 3.8) is 0 Å². The van der Waals surface area contributed by atoms with Crippen LogP contribution in [0.4, 0.5) is 0 Å². The lowest BCUT2D eigenvalue weighted by Crippen LogP contribution is -2.65. The first kappa shape index (κ1) is 16.5. The van der Waals surface area contributed by atoms with Crippen LogP contribution in [0.15, 0.2) is 24.3 Å². The minimum atomic E-state index is -0.306. The Morgan fingerprint density at radius 3 is 2.84 bits per heavy atom. The first-order chi connectivity index (χ1) is 11.9. The van der Waals surface area contributed by atoms with Crippen LogP contribution in [-0.4, -0.2) is 30.7 Å². The van der Waals surface area contributed by atoms with Crippen LogP contribution >= 0.6 is 11.6 Å². The van der Waals surface area contributed by atoms with Crippen molar-refractivity contribution in [2.75, 3.05) is 6.61 Å². The molecule has 4 fully saturated rings. The Morgan fingerprint density at radius 1 is 1.24 bits per heavy atom. The minimum Gasteiger partial charge on any atom is -0.493 e. The van der Waals surface area contributed by atoms with Crippen molar-refractivity contribution in [1.82, 2.24) is 0 Å². The number of fused-ring (bicyclic) bond motifs is 1. The summed E-state index contributed by atoms with van der Waals surface area (Å²) in [5.74, 6) is 2.66. The van der Waals surface area contributed by atoms with Gasteiger partial charge in [0.2, 0.25) is 0 Å². The van der Waals surface area contributed by atoms with Crippen LogP contribution in [0, 0.1) is 17.3 Å². The molecule has 2 heterocycles. The Labute approximate surface area is 155 Å². The molecule has 1 aromatic rings. The van der Waals surface area contributed by atoms with Gasteiger partial charge in [0.05, 0.1) is 23.6 Å². The van der Waals surface area contributed by atoms with E-state index in [1.807, 2.05) is 12.1 Å². The summed E-state index contributed by atoms with van der Waals surface area (Å²) in [5.41, 5.74) is 1.45. The molecule has 2 bridgehead atoms. The van der Waals surface area contributed by atoms with E-state index in [0.29, 0.717) is 23.9 Å². The van der Waals surface area contributed by atoms with Crippen molar-refractivity contribution in [2.45, 2.75) is 62.9 Å². The second-order valence-electron chi connectivity index (χ2n) is 9.13. The lowest BCUT2D eigenvalue weighted by Gasteiger charge is -2.64. The summed E-state index contributed by atoms with van der Waals surface area (Å²) in [6, 6.07) is 8.26. The fourth-order valence-corrected chi connectivity index (χ4v) is 6.19. The summed E-state index contributed by atoms with van der Waals surface area (Å²) in [5, 5.41) is -0.150. The highest BCUT2D eigenvalue weighted by molar-refractivity contribution is 6.59. The fraction of sp³-hybridized carbons (Fsp3) is 0.700. The molecule has 0 aromatic heterocycles. The van der Waals surface area contributed by atoms with Crippen LogP contribution in [0.1, 0.15) is 51.5 Å². The largest absolute Gasteiger partial charge is 0.493 e. The number of ether oxygens (including phenoxy) is 1. The molecule has 3 aliphatic carbocycles. The van der Waals surface area contributed by atoms with Crippen molar-refractivity contribution in [2.24, 2.45) is 17.3 Å². The lowest BCUT2D eigenvalue weighted by molar-refractivity contribution is -0.199. The molecule has 1 saturated heterocycles. The summed E-state index contributed by atoms with van der Waals surface area (Å²) in [4.78, 5) is 0. The number of benzene rings is 1. The van der Waals surface area contributed by atoms with Crippen LogP contribution in [0.3, 0.4) is 0 Å². The van der Waals surface area contributed by atoms with E-state index in [0.717, 1.165) is 24.5 Å². The third kappa shape index (κ3) is 2.26. The maximum absolute atomic E-state index is 6.79. The van der Waals surface area contributed by atoms with Gasteiger partial charge >= 0.3 is 7.12 Å². The molecule has 6 rings (SSSR count). The topological polar surface area (TPSA) is 27.7 Å². The first-order valence-electron chi connectivity index (χ1n) is 9.58. The maximum atomic E-state index is 6.79. The van der Waals surface area contributed by atoms with Crippen LogP contribution in [0.5, 0.6) is 5.75 Å². The van der Waals surface area contributed by atoms with Gasteiger partial charge < -0.3 is 14.0 Å². The predicted octanol–water partition coefficient (Wildman–Crippen LogP) is 4.43. The van der Waals surface area contributed by atoms with Crippen molar-refractivity contribution < 1.29 is 14.0 Å². The Kier molecular flexibility index (Phi) is 3.56. The molecule has 0 N–H and O–H groups in total. The van der Waals surface area contributed by atoms with Gasteiger partial charge in [0.1, 0.15) is 5.75 Å². The van der Waals surface area contributed by atoms with Gasteiger partial charge in [0.15, 0.2) is 0 Å². The molecule has 1 unspecified atom stereocenters. The quantitative estimate of drug-likeness (QED) is 0.589. The highest BCUT2D eigenvalue weighted by Crippen LogP contribution is 2.66. The normalized spacial score (nSPS) is 41.5. The second-order valence-corrected chi connectivity index (χ2v) is 9.70. The molecule has 3 nitrogen and oxygen atoms in total. The highest BCUT2D eigenvalue weighted by Gasteiger charge is 2.68.